The van der Waals surface area contributed by atoms with E-state index in [0.717, 1.165) is 13.0 Å². The summed E-state index contributed by atoms with van der Waals surface area (Å²) in [6, 6.07) is 15.2. The van der Waals surface area contributed by atoms with Crippen LogP contribution in [-0.4, -0.2) is 37.4 Å². The molecule has 0 amide bonds. The summed E-state index contributed by atoms with van der Waals surface area (Å²) >= 11 is 0. The third-order valence-corrected chi connectivity index (χ3v) is 5.70. The number of nitriles is 1. The van der Waals surface area contributed by atoms with E-state index in [1.54, 1.807) is 47.2 Å². The number of nitrogens with zero attached hydrogens (tertiary/aromatic N) is 4. The number of imidazole rings is 1. The second-order valence-electron chi connectivity index (χ2n) is 7.53. The Kier molecular flexibility index (Phi) is 5.61. The first kappa shape index (κ1) is 21.4. The van der Waals surface area contributed by atoms with Crippen LogP contribution >= 0.6 is 12.4 Å². The molecule has 32 heavy (non-hydrogen) atoms. The van der Waals surface area contributed by atoms with E-state index in [1.807, 2.05) is 12.1 Å². The molecule has 0 spiro atoms. The summed E-state index contributed by atoms with van der Waals surface area (Å²) in [5.41, 5.74) is 2.80. The fourth-order valence-corrected chi connectivity index (χ4v) is 4.17. The van der Waals surface area contributed by atoms with Crippen LogP contribution < -0.4 is 11.0 Å². The van der Waals surface area contributed by atoms with E-state index in [2.05, 4.69) is 10.3 Å². The van der Waals surface area contributed by atoms with Crippen LogP contribution in [-0.2, 0) is 0 Å². The Labute approximate surface area is 189 Å². The summed E-state index contributed by atoms with van der Waals surface area (Å²) in [4.78, 5) is 17.8. The zero-order valence-electron chi connectivity index (χ0n) is 16.9. The molecule has 0 saturated carbocycles. The lowest BCUT2D eigenvalue weighted by molar-refractivity contribution is 0.471. The van der Waals surface area contributed by atoms with Gasteiger partial charge in [-0.2, -0.15) is 5.26 Å². The molecule has 8 nitrogen and oxygen atoms in total. The average Bonchev–Trinajstić information content (AvgIpc) is 3.40. The number of aromatic hydroxyl groups is 2. The van der Waals surface area contributed by atoms with Gasteiger partial charge >= 0.3 is 5.69 Å². The van der Waals surface area contributed by atoms with E-state index in [4.69, 9.17) is 5.26 Å². The fourth-order valence-electron chi connectivity index (χ4n) is 4.17. The van der Waals surface area contributed by atoms with Crippen molar-refractivity contribution < 1.29 is 10.2 Å². The number of halogens is 1. The molecule has 0 radical (unpaired) electrons. The molecule has 1 saturated heterocycles. The van der Waals surface area contributed by atoms with E-state index in [0.29, 0.717) is 34.5 Å². The molecule has 4 aromatic rings. The van der Waals surface area contributed by atoms with Gasteiger partial charge in [0.25, 0.3) is 0 Å². The Morgan fingerprint density at radius 2 is 1.88 bits per heavy atom. The Morgan fingerprint density at radius 3 is 2.59 bits per heavy atom. The van der Waals surface area contributed by atoms with Crippen LogP contribution in [0, 0.1) is 11.3 Å². The Balaban J connectivity index is 0.00000245. The highest BCUT2D eigenvalue weighted by Crippen LogP contribution is 2.32. The van der Waals surface area contributed by atoms with Crippen molar-refractivity contribution in [3.05, 3.63) is 70.8 Å². The quantitative estimate of drug-likeness (QED) is 0.442. The lowest BCUT2D eigenvalue weighted by atomic mass is 10.0. The molecule has 1 fully saturated rings. The van der Waals surface area contributed by atoms with Gasteiger partial charge in [-0.25, -0.2) is 9.78 Å². The standard InChI is InChI=1S/C23H19N5O3.ClH/c24-12-16-10-14(4-6-20(16)29)15-3-5-18(21(30)11-15)28-19-2-1-8-26-22(19)27(23(28)31)17-7-9-25-13-17;/h1-6,8,10-11,17,25,29-30H,7,9,13H2;1H/t17-;/m0./s1. The predicted molar refractivity (Wildman–Crippen MR) is 123 cm³/mol. The molecule has 0 bridgehead atoms. The maximum absolute atomic E-state index is 13.4. The van der Waals surface area contributed by atoms with Crippen LogP contribution in [0.15, 0.2) is 59.5 Å². The SMILES string of the molecule is Cl.N#Cc1cc(-c2ccc(-n3c(=O)n([C@H]4CCNC4)c4ncccc43)c(O)c2)ccc1O. The minimum atomic E-state index is -0.248. The van der Waals surface area contributed by atoms with Crippen molar-refractivity contribution in [3.8, 4) is 34.4 Å². The molecule has 3 heterocycles. The monoisotopic (exact) mass is 449 g/mol. The maximum Gasteiger partial charge on any atom is 0.335 e. The highest BCUT2D eigenvalue weighted by molar-refractivity contribution is 5.85. The van der Waals surface area contributed by atoms with E-state index < -0.39 is 0 Å². The minimum absolute atomic E-state index is 0. The third kappa shape index (κ3) is 3.38. The molecule has 1 aliphatic heterocycles. The molecular formula is C23H20ClN5O3. The van der Waals surface area contributed by atoms with Gasteiger partial charge in [-0.15, -0.1) is 12.4 Å². The van der Waals surface area contributed by atoms with E-state index in [1.165, 1.54) is 10.6 Å². The number of phenols is 2. The molecule has 1 atom stereocenters. The van der Waals surface area contributed by atoms with Gasteiger partial charge in [0, 0.05) is 12.7 Å². The highest BCUT2D eigenvalue weighted by Gasteiger charge is 2.25. The molecular weight excluding hydrogens is 430 g/mol. The van der Waals surface area contributed by atoms with Gasteiger partial charge in [-0.3, -0.25) is 9.13 Å². The topological polar surface area (TPSA) is 116 Å². The van der Waals surface area contributed by atoms with Gasteiger partial charge in [0.05, 0.1) is 22.8 Å². The first-order valence-corrected chi connectivity index (χ1v) is 9.94. The summed E-state index contributed by atoms with van der Waals surface area (Å²) in [6.45, 7) is 1.54. The van der Waals surface area contributed by atoms with Crippen molar-refractivity contribution in [1.29, 1.82) is 5.26 Å². The number of phenolic OH excluding ortho intramolecular Hbond substituents is 2. The molecule has 3 N–H and O–H groups in total. The minimum Gasteiger partial charge on any atom is -0.507 e. The second kappa shape index (κ2) is 8.38. The summed E-state index contributed by atoms with van der Waals surface area (Å²) in [6.07, 6.45) is 2.49. The van der Waals surface area contributed by atoms with Gasteiger partial charge < -0.3 is 15.5 Å². The van der Waals surface area contributed by atoms with Crippen LogP contribution in [0.4, 0.5) is 0 Å². The number of fused-ring (bicyclic) bond motifs is 1. The normalized spacial score (nSPS) is 15.4. The summed E-state index contributed by atoms with van der Waals surface area (Å²) in [7, 11) is 0. The van der Waals surface area contributed by atoms with E-state index in [-0.39, 0.29) is 41.2 Å². The zero-order valence-corrected chi connectivity index (χ0v) is 17.7. The molecule has 0 aliphatic carbocycles. The van der Waals surface area contributed by atoms with Gasteiger partial charge in [0.1, 0.15) is 17.6 Å². The van der Waals surface area contributed by atoms with Crippen LogP contribution in [0.25, 0.3) is 28.0 Å². The molecule has 2 aromatic carbocycles. The first-order valence-electron chi connectivity index (χ1n) is 9.94. The maximum atomic E-state index is 13.4. The van der Waals surface area contributed by atoms with Crippen LogP contribution in [0.1, 0.15) is 18.0 Å². The van der Waals surface area contributed by atoms with Gasteiger partial charge in [0.15, 0.2) is 5.65 Å². The van der Waals surface area contributed by atoms with E-state index >= 15 is 0 Å². The molecule has 2 aromatic heterocycles. The average molecular weight is 450 g/mol. The lowest BCUT2D eigenvalue weighted by Gasteiger charge is -2.10. The predicted octanol–water partition coefficient (Wildman–Crippen LogP) is 3.09. The molecule has 0 unspecified atom stereocenters. The summed E-state index contributed by atoms with van der Waals surface area (Å²) in [5, 5.41) is 33.0. The summed E-state index contributed by atoms with van der Waals surface area (Å²) < 4.78 is 3.18. The van der Waals surface area contributed by atoms with Crippen LogP contribution in [0.5, 0.6) is 11.5 Å². The molecule has 5 rings (SSSR count). The largest absolute Gasteiger partial charge is 0.507 e. The number of aromatic nitrogens is 3. The smallest absolute Gasteiger partial charge is 0.335 e. The Hall–Kier alpha value is -3.80. The van der Waals surface area contributed by atoms with Crippen molar-refractivity contribution in [2.24, 2.45) is 0 Å². The van der Waals surface area contributed by atoms with Crippen molar-refractivity contribution >= 4 is 23.6 Å². The number of hydrogen-bond donors (Lipinski definition) is 3. The summed E-state index contributed by atoms with van der Waals surface area (Å²) in [5.74, 6) is -0.168. The van der Waals surface area contributed by atoms with Crippen LogP contribution in [0.3, 0.4) is 0 Å². The number of hydrogen-bond acceptors (Lipinski definition) is 6. The fraction of sp³-hybridized carbons (Fsp3) is 0.174. The van der Waals surface area contributed by atoms with Gasteiger partial charge in [-0.1, -0.05) is 12.1 Å². The highest BCUT2D eigenvalue weighted by atomic mass is 35.5. The van der Waals surface area contributed by atoms with Crippen molar-refractivity contribution in [2.45, 2.75) is 12.5 Å². The molecule has 9 heteroatoms. The Morgan fingerprint density at radius 1 is 1.09 bits per heavy atom. The first-order chi connectivity index (χ1) is 15.1. The number of benzene rings is 2. The van der Waals surface area contributed by atoms with E-state index in [9.17, 15) is 15.0 Å². The lowest BCUT2D eigenvalue weighted by Crippen LogP contribution is -2.28. The van der Waals surface area contributed by atoms with Crippen molar-refractivity contribution in [2.75, 3.05) is 13.1 Å². The van der Waals surface area contributed by atoms with Gasteiger partial charge in [-0.05, 0) is 60.5 Å². The zero-order chi connectivity index (χ0) is 21.5. The number of nitrogens with one attached hydrogen (secondary N) is 1. The molecule has 1 aliphatic rings. The number of pyridine rings is 1. The van der Waals surface area contributed by atoms with Crippen molar-refractivity contribution in [3.63, 3.8) is 0 Å². The second-order valence-corrected chi connectivity index (χ2v) is 7.53. The molecule has 162 valence electrons. The van der Waals surface area contributed by atoms with Gasteiger partial charge in [0.2, 0.25) is 0 Å². The van der Waals surface area contributed by atoms with Crippen LogP contribution in [0.2, 0.25) is 0 Å². The number of rotatable bonds is 3. The third-order valence-electron chi connectivity index (χ3n) is 5.70. The Bertz CT molecular complexity index is 1410. The van der Waals surface area contributed by atoms with Crippen molar-refractivity contribution in [1.82, 2.24) is 19.4 Å².